The Kier molecular flexibility index (Phi) is 6.36. The molecule has 1 saturated heterocycles. The van der Waals surface area contributed by atoms with Crippen LogP contribution in [0, 0.1) is 11.8 Å². The van der Waals surface area contributed by atoms with E-state index in [1.807, 2.05) is 27.7 Å². The van der Waals surface area contributed by atoms with Crippen LogP contribution >= 0.6 is 11.6 Å². The number of nitrogens with one attached hydrogen (secondary N) is 2. The van der Waals surface area contributed by atoms with Crippen LogP contribution < -0.4 is 15.5 Å². The fraction of sp³-hybridized carbons (Fsp3) is 0.714. The summed E-state index contributed by atoms with van der Waals surface area (Å²) in [5.41, 5.74) is -0.402. The zero-order valence-electron chi connectivity index (χ0n) is 17.9. The van der Waals surface area contributed by atoms with Gasteiger partial charge in [-0.25, -0.2) is 4.98 Å². The van der Waals surface area contributed by atoms with E-state index >= 15 is 0 Å². The molecule has 0 aromatic carbocycles. The van der Waals surface area contributed by atoms with Gasteiger partial charge in [0.1, 0.15) is 5.82 Å². The van der Waals surface area contributed by atoms with Crippen LogP contribution in [0.4, 0.5) is 11.8 Å². The number of fused-ring (bicyclic) bond motifs is 1. The highest BCUT2D eigenvalue weighted by atomic mass is 35.5. The lowest BCUT2D eigenvalue weighted by atomic mass is 9.74. The van der Waals surface area contributed by atoms with Crippen LogP contribution in [0.3, 0.4) is 0 Å². The highest BCUT2D eigenvalue weighted by Crippen LogP contribution is 2.37. The first-order valence-electron chi connectivity index (χ1n) is 10.4. The minimum Gasteiger partial charge on any atom is -0.353 e. The second-order valence-electron chi connectivity index (χ2n) is 9.32. The molecule has 2 fully saturated rings. The molecule has 7 nitrogen and oxygen atoms in total. The zero-order valence-corrected chi connectivity index (χ0v) is 18.7. The molecule has 2 aliphatic rings. The average molecular weight is 422 g/mol. The molecule has 1 aromatic rings. The number of amides is 2. The van der Waals surface area contributed by atoms with E-state index in [4.69, 9.17) is 11.6 Å². The van der Waals surface area contributed by atoms with Gasteiger partial charge in [0, 0.05) is 36.1 Å². The number of hydrogen-bond acceptors (Lipinski definition) is 5. The molecule has 0 radical (unpaired) electrons. The maximum absolute atomic E-state index is 12.7. The second-order valence-corrected chi connectivity index (χ2v) is 9.94. The summed E-state index contributed by atoms with van der Waals surface area (Å²) in [5, 5.41) is 6.67. The molecular formula is C21H32ClN5O2. The van der Waals surface area contributed by atoms with Gasteiger partial charge in [0.05, 0.1) is 5.92 Å². The number of hydrogen-bond donors (Lipinski definition) is 2. The summed E-state index contributed by atoms with van der Waals surface area (Å²) >= 11 is 6.36. The summed E-state index contributed by atoms with van der Waals surface area (Å²) in [7, 11) is 0. The number of piperidine rings is 1. The summed E-state index contributed by atoms with van der Waals surface area (Å²) in [4.78, 5) is 35.3. The molecule has 8 heteroatoms. The van der Waals surface area contributed by atoms with Gasteiger partial charge < -0.3 is 10.6 Å². The van der Waals surface area contributed by atoms with Gasteiger partial charge in [0.2, 0.25) is 17.8 Å². The second kappa shape index (κ2) is 8.46. The van der Waals surface area contributed by atoms with Crippen molar-refractivity contribution < 1.29 is 9.59 Å². The molecule has 5 atom stereocenters. The molecule has 2 amide bonds. The third kappa shape index (κ3) is 5.00. The van der Waals surface area contributed by atoms with E-state index in [0.29, 0.717) is 17.7 Å². The largest absolute Gasteiger partial charge is 0.353 e. The number of anilines is 2. The van der Waals surface area contributed by atoms with E-state index in [1.54, 1.807) is 17.2 Å². The number of nitrogens with zero attached hydrogens (tertiary/aromatic N) is 3. The van der Waals surface area contributed by atoms with Gasteiger partial charge in [-0.05, 0) is 65.4 Å². The van der Waals surface area contributed by atoms with E-state index in [2.05, 4.69) is 20.6 Å². The van der Waals surface area contributed by atoms with Gasteiger partial charge in [-0.3, -0.25) is 14.5 Å². The molecular weight excluding hydrogens is 390 g/mol. The van der Waals surface area contributed by atoms with Crippen molar-refractivity contribution in [3.63, 3.8) is 0 Å². The Bertz CT molecular complexity index is 766. The molecule has 2 N–H and O–H groups in total. The van der Waals surface area contributed by atoms with Crippen LogP contribution in [-0.2, 0) is 9.59 Å². The third-order valence-corrected chi connectivity index (χ3v) is 6.35. The minimum atomic E-state index is -0.402. The normalized spacial score (nSPS) is 28.1. The van der Waals surface area contributed by atoms with Crippen molar-refractivity contribution in [1.29, 1.82) is 0 Å². The quantitative estimate of drug-likeness (QED) is 0.728. The summed E-state index contributed by atoms with van der Waals surface area (Å²) in [6.07, 6.45) is 5.31. The molecule has 1 aliphatic heterocycles. The fourth-order valence-corrected chi connectivity index (χ4v) is 4.99. The first kappa shape index (κ1) is 21.8. The van der Waals surface area contributed by atoms with Crippen molar-refractivity contribution in [3.8, 4) is 0 Å². The Balaban J connectivity index is 1.73. The van der Waals surface area contributed by atoms with Gasteiger partial charge in [0.25, 0.3) is 0 Å². The number of halogens is 1. The molecule has 29 heavy (non-hydrogen) atoms. The van der Waals surface area contributed by atoms with Crippen LogP contribution in [0.2, 0.25) is 0 Å². The highest BCUT2D eigenvalue weighted by molar-refractivity contribution is 6.20. The summed E-state index contributed by atoms with van der Waals surface area (Å²) in [6, 6.07) is 1.84. The molecule has 0 bridgehead atoms. The summed E-state index contributed by atoms with van der Waals surface area (Å²) in [5.74, 6) is 1.20. The van der Waals surface area contributed by atoms with Crippen molar-refractivity contribution in [3.05, 3.63) is 12.3 Å². The predicted molar refractivity (Wildman–Crippen MR) is 115 cm³/mol. The van der Waals surface area contributed by atoms with Crippen LogP contribution in [0.15, 0.2) is 12.3 Å². The molecule has 1 saturated carbocycles. The summed E-state index contributed by atoms with van der Waals surface area (Å²) < 4.78 is 0. The Morgan fingerprint density at radius 1 is 1.34 bits per heavy atom. The van der Waals surface area contributed by atoms with Gasteiger partial charge >= 0.3 is 0 Å². The SMILES string of the molecule is CC(=O)N(c1ccnc(N[C@@H](C)C2CC3CC(Cl)CCC3NC2=O)n1)C(C)(C)C. The lowest BCUT2D eigenvalue weighted by Gasteiger charge is -2.42. The highest BCUT2D eigenvalue weighted by Gasteiger charge is 2.41. The molecule has 160 valence electrons. The monoisotopic (exact) mass is 421 g/mol. The number of alkyl halides is 1. The third-order valence-electron chi connectivity index (χ3n) is 5.96. The van der Waals surface area contributed by atoms with Crippen molar-refractivity contribution in [2.24, 2.45) is 11.8 Å². The topological polar surface area (TPSA) is 87.2 Å². The maximum atomic E-state index is 12.7. The van der Waals surface area contributed by atoms with Gasteiger partial charge in [-0.15, -0.1) is 11.6 Å². The number of aromatic nitrogens is 2. The number of carbonyl (C=O) groups excluding carboxylic acids is 2. The molecule has 0 spiro atoms. The average Bonchev–Trinajstić information content (AvgIpc) is 2.60. The Hall–Kier alpha value is -1.89. The molecule has 3 rings (SSSR count). The lowest BCUT2D eigenvalue weighted by Crippen LogP contribution is -2.55. The maximum Gasteiger partial charge on any atom is 0.225 e. The van der Waals surface area contributed by atoms with Crippen LogP contribution in [0.25, 0.3) is 0 Å². The molecule has 1 aliphatic carbocycles. The van der Waals surface area contributed by atoms with Gasteiger partial charge in [0.15, 0.2) is 0 Å². The van der Waals surface area contributed by atoms with Crippen molar-refractivity contribution in [2.45, 2.75) is 83.3 Å². The zero-order chi connectivity index (χ0) is 21.3. The van der Waals surface area contributed by atoms with Crippen molar-refractivity contribution in [2.75, 3.05) is 10.2 Å². The smallest absolute Gasteiger partial charge is 0.225 e. The van der Waals surface area contributed by atoms with E-state index in [9.17, 15) is 9.59 Å². The number of carbonyl (C=O) groups is 2. The Morgan fingerprint density at radius 3 is 2.72 bits per heavy atom. The van der Waals surface area contributed by atoms with Crippen LogP contribution in [-0.4, -0.2) is 44.8 Å². The van der Waals surface area contributed by atoms with Crippen LogP contribution in [0.1, 0.15) is 60.3 Å². The Morgan fingerprint density at radius 2 is 2.07 bits per heavy atom. The standard InChI is InChI=1S/C21H32ClN5O2/c1-12(16-11-14-10-15(22)6-7-17(14)25-19(16)29)24-20-23-9-8-18(26-20)27(13(2)28)21(3,4)5/h8-9,12,14-17H,6-7,10-11H2,1-5H3,(H,25,29)(H,23,24,26)/t12-,14?,15?,16?,17?/m0/s1. The molecule has 2 heterocycles. The first-order chi connectivity index (χ1) is 13.6. The van der Waals surface area contributed by atoms with E-state index in [0.717, 1.165) is 25.7 Å². The first-order valence-corrected chi connectivity index (χ1v) is 10.8. The van der Waals surface area contributed by atoms with E-state index in [-0.39, 0.29) is 35.2 Å². The Labute approximate surface area is 178 Å². The number of rotatable bonds is 4. The summed E-state index contributed by atoms with van der Waals surface area (Å²) in [6.45, 7) is 9.39. The lowest BCUT2D eigenvalue weighted by molar-refractivity contribution is -0.130. The fourth-order valence-electron chi connectivity index (χ4n) is 4.64. The van der Waals surface area contributed by atoms with Gasteiger partial charge in [-0.2, -0.15) is 4.98 Å². The van der Waals surface area contributed by atoms with Crippen LogP contribution in [0.5, 0.6) is 0 Å². The molecule has 4 unspecified atom stereocenters. The van der Waals surface area contributed by atoms with E-state index in [1.165, 1.54) is 6.92 Å². The van der Waals surface area contributed by atoms with Gasteiger partial charge in [-0.1, -0.05) is 0 Å². The van der Waals surface area contributed by atoms with Crippen molar-refractivity contribution >= 4 is 35.2 Å². The predicted octanol–water partition coefficient (Wildman–Crippen LogP) is 3.34. The van der Waals surface area contributed by atoms with E-state index < -0.39 is 5.54 Å². The minimum absolute atomic E-state index is 0.0791. The van der Waals surface area contributed by atoms with Crippen molar-refractivity contribution in [1.82, 2.24) is 15.3 Å². The molecule has 1 aromatic heterocycles.